The predicted molar refractivity (Wildman–Crippen MR) is 35.8 cm³/mol. The van der Waals surface area contributed by atoms with Crippen LogP contribution < -0.4 is 5.73 Å². The fourth-order valence-corrected chi connectivity index (χ4v) is 0.877. The van der Waals surface area contributed by atoms with Gasteiger partial charge in [-0.25, -0.2) is 0 Å². The van der Waals surface area contributed by atoms with Crippen LogP contribution in [0.15, 0.2) is 0 Å². The summed E-state index contributed by atoms with van der Waals surface area (Å²) in [7, 11) is -3.91. The van der Waals surface area contributed by atoms with E-state index in [0.717, 1.165) is 0 Å². The zero-order valence-electron chi connectivity index (χ0n) is 5.63. The average molecular weight is 189 g/mol. The first-order valence-corrected chi connectivity index (χ1v) is 4.25. The molecule has 7 heteroatoms. The summed E-state index contributed by atoms with van der Waals surface area (Å²) in [6.07, 6.45) is -2.48. The van der Waals surface area contributed by atoms with Crippen molar-refractivity contribution in [2.24, 2.45) is 5.73 Å². The second-order valence-electron chi connectivity index (χ2n) is 2.10. The molecule has 0 aliphatic carbocycles. The minimum atomic E-state index is -3.91. The van der Waals surface area contributed by atoms with Crippen molar-refractivity contribution in [1.29, 1.82) is 0 Å². The standard InChI is InChI=1S/C4H10F2NO3P/c5-4(6,11(9)10)1-3(8)2-7/h3,8,11H,1-2,7H2,(H,9,10). The molecule has 0 fully saturated rings. The largest absolute Gasteiger partial charge is 0.392 e. The molecule has 68 valence electrons. The minimum Gasteiger partial charge on any atom is -0.392 e. The maximum atomic E-state index is 12.3. The molecule has 0 aromatic heterocycles. The monoisotopic (exact) mass is 189 g/mol. The summed E-state index contributed by atoms with van der Waals surface area (Å²) in [6.45, 7) is -0.343. The molecule has 0 heterocycles. The highest BCUT2D eigenvalue weighted by atomic mass is 31.1. The number of nitrogens with two attached hydrogens (primary N) is 1. The Kier molecular flexibility index (Phi) is 4.10. The Morgan fingerprint density at radius 3 is 2.36 bits per heavy atom. The summed E-state index contributed by atoms with van der Waals surface area (Å²) in [5.41, 5.74) is 1.12. The zero-order valence-corrected chi connectivity index (χ0v) is 6.63. The van der Waals surface area contributed by atoms with Gasteiger partial charge in [0.15, 0.2) is 0 Å². The van der Waals surface area contributed by atoms with E-state index >= 15 is 0 Å². The lowest BCUT2D eigenvalue weighted by atomic mass is 10.3. The summed E-state index contributed by atoms with van der Waals surface area (Å²) in [6, 6.07) is 0. The SMILES string of the molecule is NCC(O)CC(F)(F)[PH](=O)O. The van der Waals surface area contributed by atoms with E-state index in [1.807, 2.05) is 0 Å². The maximum Gasteiger partial charge on any atom is 0.321 e. The Hall–Kier alpha value is -0.0300. The van der Waals surface area contributed by atoms with E-state index in [4.69, 9.17) is 15.7 Å². The van der Waals surface area contributed by atoms with Crippen LogP contribution in [0.5, 0.6) is 0 Å². The molecule has 0 aliphatic heterocycles. The van der Waals surface area contributed by atoms with E-state index in [1.165, 1.54) is 0 Å². The molecule has 11 heavy (non-hydrogen) atoms. The van der Waals surface area contributed by atoms with Crippen LogP contribution in [0.1, 0.15) is 6.42 Å². The van der Waals surface area contributed by atoms with Gasteiger partial charge < -0.3 is 15.7 Å². The summed E-state index contributed by atoms with van der Waals surface area (Å²) in [4.78, 5) is 8.07. The van der Waals surface area contributed by atoms with Crippen molar-refractivity contribution in [2.45, 2.75) is 18.2 Å². The molecule has 2 unspecified atom stereocenters. The number of halogens is 2. The first-order valence-electron chi connectivity index (χ1n) is 2.89. The lowest BCUT2D eigenvalue weighted by molar-refractivity contribution is 0.0230. The fourth-order valence-electron chi connectivity index (χ4n) is 0.467. The number of alkyl halides is 2. The van der Waals surface area contributed by atoms with Crippen molar-refractivity contribution in [1.82, 2.24) is 0 Å². The molecule has 0 spiro atoms. The summed E-state index contributed by atoms with van der Waals surface area (Å²) in [5, 5.41) is 8.60. The van der Waals surface area contributed by atoms with E-state index in [0.29, 0.717) is 0 Å². The number of rotatable bonds is 4. The lowest BCUT2D eigenvalue weighted by Crippen LogP contribution is -2.27. The van der Waals surface area contributed by atoms with Crippen molar-refractivity contribution < 1.29 is 23.3 Å². The fraction of sp³-hybridized carbons (Fsp3) is 1.00. The number of aliphatic hydroxyl groups is 1. The van der Waals surface area contributed by atoms with Crippen molar-refractivity contribution in [3.8, 4) is 0 Å². The Labute approximate surface area is 62.9 Å². The van der Waals surface area contributed by atoms with Gasteiger partial charge in [-0.05, 0) is 0 Å². The normalized spacial score (nSPS) is 17.9. The Morgan fingerprint density at radius 2 is 2.09 bits per heavy atom. The zero-order chi connectivity index (χ0) is 9.07. The topological polar surface area (TPSA) is 83.5 Å². The smallest absolute Gasteiger partial charge is 0.321 e. The van der Waals surface area contributed by atoms with Crippen LogP contribution in [-0.2, 0) is 4.57 Å². The average Bonchev–Trinajstić information content (AvgIpc) is 1.86. The van der Waals surface area contributed by atoms with Crippen LogP contribution in [0, 0.1) is 0 Å². The number of aliphatic hydroxyl groups excluding tert-OH is 1. The van der Waals surface area contributed by atoms with E-state index in [9.17, 15) is 13.3 Å². The van der Waals surface area contributed by atoms with Crippen molar-refractivity contribution >= 4 is 8.03 Å². The Morgan fingerprint density at radius 1 is 1.64 bits per heavy atom. The Bertz CT molecular complexity index is 154. The number of hydrogen-bond donors (Lipinski definition) is 3. The summed E-state index contributed by atoms with van der Waals surface area (Å²) in [5.74, 6) is 0. The molecule has 0 saturated carbocycles. The molecule has 0 saturated heterocycles. The van der Waals surface area contributed by atoms with Gasteiger partial charge in [-0.2, -0.15) is 8.78 Å². The molecular formula is C4H10F2NO3P. The minimum absolute atomic E-state index is 0.343. The molecule has 0 radical (unpaired) electrons. The van der Waals surface area contributed by atoms with Gasteiger partial charge in [-0.1, -0.05) is 0 Å². The molecular weight excluding hydrogens is 179 g/mol. The van der Waals surface area contributed by atoms with Gasteiger partial charge in [-0.3, -0.25) is 4.57 Å². The molecule has 0 amide bonds. The van der Waals surface area contributed by atoms with Gasteiger partial charge in [0.1, 0.15) is 0 Å². The van der Waals surface area contributed by atoms with Gasteiger partial charge >= 0.3 is 5.66 Å². The van der Waals surface area contributed by atoms with Gasteiger partial charge in [0.25, 0.3) is 8.03 Å². The van der Waals surface area contributed by atoms with Crippen LogP contribution in [0.2, 0.25) is 0 Å². The van der Waals surface area contributed by atoms with E-state index < -0.39 is 26.2 Å². The lowest BCUT2D eigenvalue weighted by Gasteiger charge is -2.15. The van der Waals surface area contributed by atoms with Crippen molar-refractivity contribution in [2.75, 3.05) is 6.54 Å². The molecule has 0 aliphatic rings. The highest BCUT2D eigenvalue weighted by Crippen LogP contribution is 2.41. The first kappa shape index (κ1) is 11.0. The third-order valence-corrected chi connectivity index (χ3v) is 1.91. The molecule has 0 bridgehead atoms. The van der Waals surface area contributed by atoms with Crippen LogP contribution >= 0.6 is 8.03 Å². The van der Waals surface area contributed by atoms with Crippen molar-refractivity contribution in [3.05, 3.63) is 0 Å². The van der Waals surface area contributed by atoms with Gasteiger partial charge in [0, 0.05) is 13.0 Å². The predicted octanol–water partition coefficient (Wildman–Crippen LogP) is -0.244. The van der Waals surface area contributed by atoms with Gasteiger partial charge in [0.05, 0.1) is 6.10 Å². The first-order chi connectivity index (χ1) is 4.90. The number of hydrogen-bond acceptors (Lipinski definition) is 3. The van der Waals surface area contributed by atoms with E-state index in [1.54, 1.807) is 0 Å². The summed E-state index contributed by atoms with van der Waals surface area (Å²) < 4.78 is 34.5. The van der Waals surface area contributed by atoms with Crippen LogP contribution in [0.25, 0.3) is 0 Å². The Balaban J connectivity index is 4.01. The molecule has 0 rings (SSSR count). The van der Waals surface area contributed by atoms with Crippen LogP contribution in [0.3, 0.4) is 0 Å². The second-order valence-corrected chi connectivity index (χ2v) is 3.45. The molecule has 0 aromatic carbocycles. The van der Waals surface area contributed by atoms with Crippen LogP contribution in [-0.4, -0.2) is 28.3 Å². The highest BCUT2D eigenvalue weighted by molar-refractivity contribution is 7.39. The van der Waals surface area contributed by atoms with Crippen molar-refractivity contribution in [3.63, 3.8) is 0 Å². The third kappa shape index (κ3) is 3.76. The van der Waals surface area contributed by atoms with Gasteiger partial charge in [-0.15, -0.1) is 0 Å². The van der Waals surface area contributed by atoms with Crippen LogP contribution in [0.4, 0.5) is 8.78 Å². The molecule has 4 N–H and O–H groups in total. The van der Waals surface area contributed by atoms with Gasteiger partial charge in [0.2, 0.25) is 0 Å². The summed E-state index contributed by atoms with van der Waals surface area (Å²) >= 11 is 0. The van der Waals surface area contributed by atoms with E-state index in [2.05, 4.69) is 0 Å². The molecule has 0 aromatic rings. The second kappa shape index (κ2) is 4.11. The highest BCUT2D eigenvalue weighted by Gasteiger charge is 2.37. The molecule has 2 atom stereocenters. The molecule has 4 nitrogen and oxygen atoms in total. The quantitative estimate of drug-likeness (QED) is 0.532. The van der Waals surface area contributed by atoms with E-state index in [-0.39, 0.29) is 6.54 Å². The third-order valence-electron chi connectivity index (χ3n) is 1.08. The maximum absolute atomic E-state index is 12.3.